The highest BCUT2D eigenvalue weighted by atomic mass is 35.5. The Kier molecular flexibility index (Phi) is 4.17. The van der Waals surface area contributed by atoms with Gasteiger partial charge < -0.3 is 13.9 Å². The summed E-state index contributed by atoms with van der Waals surface area (Å²) in [5.74, 6) is 1.34. The minimum Gasteiger partial charge on any atom is -0.486 e. The molecule has 0 bridgehead atoms. The largest absolute Gasteiger partial charge is 0.486 e. The molecule has 134 valence electrons. The second-order valence-corrected chi connectivity index (χ2v) is 7.45. The van der Waals surface area contributed by atoms with Crippen LogP contribution in [0.5, 0.6) is 11.5 Å². The zero-order chi connectivity index (χ0) is 18.1. The van der Waals surface area contributed by atoms with Crippen LogP contribution in [0.15, 0.2) is 51.8 Å². The molecule has 0 amide bonds. The average Bonchev–Trinajstić information content (AvgIpc) is 3.09. The summed E-state index contributed by atoms with van der Waals surface area (Å²) in [5, 5.41) is 8.03. The number of benzene rings is 2. The number of halogens is 1. The van der Waals surface area contributed by atoms with Gasteiger partial charge in [0.2, 0.25) is 5.89 Å². The topological polar surface area (TPSA) is 104 Å². The first kappa shape index (κ1) is 16.7. The van der Waals surface area contributed by atoms with Crippen molar-refractivity contribution in [2.45, 2.75) is 4.90 Å². The summed E-state index contributed by atoms with van der Waals surface area (Å²) in [6.45, 7) is 0.940. The lowest BCUT2D eigenvalue weighted by Crippen LogP contribution is -2.15. The smallest absolute Gasteiger partial charge is 0.330 e. The molecule has 0 fully saturated rings. The van der Waals surface area contributed by atoms with Crippen LogP contribution in [-0.2, 0) is 10.0 Å². The number of nitrogens with one attached hydrogen (secondary N) is 1. The Labute approximate surface area is 153 Å². The summed E-state index contributed by atoms with van der Waals surface area (Å²) in [5.41, 5.74) is 0.582. The van der Waals surface area contributed by atoms with Crippen molar-refractivity contribution in [2.24, 2.45) is 0 Å². The van der Waals surface area contributed by atoms with E-state index >= 15 is 0 Å². The van der Waals surface area contributed by atoms with Crippen molar-refractivity contribution in [2.75, 3.05) is 17.9 Å². The van der Waals surface area contributed by atoms with E-state index in [1.54, 1.807) is 18.2 Å². The molecule has 0 spiro atoms. The fourth-order valence-electron chi connectivity index (χ4n) is 2.35. The van der Waals surface area contributed by atoms with Gasteiger partial charge in [-0.25, -0.2) is 13.1 Å². The molecule has 8 nitrogen and oxygen atoms in total. The Morgan fingerprint density at radius 1 is 0.962 bits per heavy atom. The maximum Gasteiger partial charge on any atom is 0.330 e. The van der Waals surface area contributed by atoms with E-state index in [4.69, 9.17) is 25.5 Å². The Bertz CT molecular complexity index is 1050. The number of hydrogen-bond donors (Lipinski definition) is 1. The number of rotatable bonds is 4. The van der Waals surface area contributed by atoms with E-state index < -0.39 is 10.0 Å². The molecule has 26 heavy (non-hydrogen) atoms. The number of aromatic nitrogens is 2. The number of hydrogen-bond acceptors (Lipinski definition) is 7. The molecule has 10 heteroatoms. The van der Waals surface area contributed by atoms with Crippen molar-refractivity contribution in [1.82, 2.24) is 10.2 Å². The summed E-state index contributed by atoms with van der Waals surface area (Å²) in [4.78, 5) is 0.0287. The first-order valence-corrected chi connectivity index (χ1v) is 9.39. The highest BCUT2D eigenvalue weighted by molar-refractivity contribution is 7.92. The summed E-state index contributed by atoms with van der Waals surface area (Å²) >= 11 is 5.77. The van der Waals surface area contributed by atoms with Crippen molar-refractivity contribution >= 4 is 27.6 Å². The average molecular weight is 394 g/mol. The molecule has 0 unspecified atom stereocenters. The van der Waals surface area contributed by atoms with Gasteiger partial charge in [0.15, 0.2) is 11.5 Å². The molecule has 0 radical (unpaired) electrons. The molecule has 2 aromatic carbocycles. The van der Waals surface area contributed by atoms with E-state index in [1.165, 1.54) is 24.3 Å². The second kappa shape index (κ2) is 6.50. The Morgan fingerprint density at radius 2 is 1.69 bits per heavy atom. The summed E-state index contributed by atoms with van der Waals surface area (Å²) in [6.07, 6.45) is 0. The molecule has 0 saturated carbocycles. The van der Waals surface area contributed by atoms with Gasteiger partial charge in [-0.3, -0.25) is 0 Å². The number of anilines is 1. The van der Waals surface area contributed by atoms with Gasteiger partial charge in [-0.2, -0.15) is 0 Å². The minimum absolute atomic E-state index is 0.0287. The van der Waals surface area contributed by atoms with Crippen LogP contribution in [0.25, 0.3) is 11.5 Å². The van der Waals surface area contributed by atoms with Gasteiger partial charge in [0.25, 0.3) is 10.0 Å². The molecular formula is C16H12ClN3O5S. The van der Waals surface area contributed by atoms with Gasteiger partial charge in [0, 0.05) is 10.6 Å². The Morgan fingerprint density at radius 3 is 2.46 bits per heavy atom. The fourth-order valence-corrected chi connectivity index (χ4v) is 3.40. The molecule has 1 N–H and O–H groups in total. The van der Waals surface area contributed by atoms with E-state index in [2.05, 4.69) is 14.9 Å². The SMILES string of the molecule is O=S(=O)(Nc1nnc(-c2ccc3c(c2)OCCO3)o1)c1ccc(Cl)cc1. The number of fused-ring (bicyclic) bond motifs is 1. The number of nitrogens with zero attached hydrogens (tertiary/aromatic N) is 2. The maximum absolute atomic E-state index is 12.3. The molecule has 3 aromatic rings. The zero-order valence-electron chi connectivity index (χ0n) is 13.2. The molecule has 0 saturated heterocycles. The Hall–Kier alpha value is -2.78. The lowest BCUT2D eigenvalue weighted by molar-refractivity contribution is 0.171. The lowest BCUT2D eigenvalue weighted by Gasteiger charge is -2.18. The van der Waals surface area contributed by atoms with Crippen LogP contribution in [0.4, 0.5) is 6.01 Å². The van der Waals surface area contributed by atoms with Crippen LogP contribution in [0.2, 0.25) is 5.02 Å². The first-order valence-electron chi connectivity index (χ1n) is 7.53. The minimum atomic E-state index is -3.86. The van der Waals surface area contributed by atoms with E-state index in [1.807, 2.05) is 0 Å². The van der Waals surface area contributed by atoms with Gasteiger partial charge in [0.05, 0.1) is 4.90 Å². The van der Waals surface area contributed by atoms with Gasteiger partial charge in [-0.05, 0) is 42.5 Å². The van der Waals surface area contributed by atoms with Crippen molar-refractivity contribution in [3.8, 4) is 23.0 Å². The quantitative estimate of drug-likeness (QED) is 0.726. The van der Waals surface area contributed by atoms with Crippen LogP contribution in [0.1, 0.15) is 0 Å². The Balaban J connectivity index is 1.57. The predicted octanol–water partition coefficient (Wildman–Crippen LogP) is 2.96. The molecule has 4 rings (SSSR count). The molecule has 1 aliphatic heterocycles. The molecular weight excluding hydrogens is 382 g/mol. The first-order chi connectivity index (χ1) is 12.5. The maximum atomic E-state index is 12.3. The predicted molar refractivity (Wildman–Crippen MR) is 93.0 cm³/mol. The van der Waals surface area contributed by atoms with Crippen molar-refractivity contribution < 1.29 is 22.3 Å². The second-order valence-electron chi connectivity index (χ2n) is 5.33. The highest BCUT2D eigenvalue weighted by Gasteiger charge is 2.20. The van der Waals surface area contributed by atoms with Gasteiger partial charge in [0.1, 0.15) is 13.2 Å². The van der Waals surface area contributed by atoms with Gasteiger partial charge in [-0.1, -0.05) is 16.7 Å². The monoisotopic (exact) mass is 393 g/mol. The standard InChI is InChI=1S/C16H12ClN3O5S/c17-11-2-4-12(5-3-11)26(21,22)20-16-19-18-15(25-16)10-1-6-13-14(9-10)24-8-7-23-13/h1-6,9H,7-8H2,(H,19,20). The molecule has 1 aromatic heterocycles. The molecule has 2 heterocycles. The third-order valence-corrected chi connectivity index (χ3v) is 5.15. The van der Waals surface area contributed by atoms with Crippen LogP contribution >= 0.6 is 11.6 Å². The van der Waals surface area contributed by atoms with Crippen molar-refractivity contribution in [3.63, 3.8) is 0 Å². The van der Waals surface area contributed by atoms with E-state index in [-0.39, 0.29) is 16.8 Å². The van der Waals surface area contributed by atoms with Crippen LogP contribution in [0.3, 0.4) is 0 Å². The third-order valence-electron chi connectivity index (χ3n) is 3.56. The lowest BCUT2D eigenvalue weighted by atomic mass is 10.2. The molecule has 0 atom stereocenters. The van der Waals surface area contributed by atoms with Gasteiger partial charge in [-0.15, -0.1) is 5.10 Å². The van der Waals surface area contributed by atoms with E-state index in [0.717, 1.165) is 0 Å². The number of sulfonamides is 1. The summed E-state index contributed by atoms with van der Waals surface area (Å²) in [7, 11) is -3.86. The van der Waals surface area contributed by atoms with Crippen molar-refractivity contribution in [3.05, 3.63) is 47.5 Å². The number of ether oxygens (including phenoxy) is 2. The van der Waals surface area contributed by atoms with Crippen LogP contribution < -0.4 is 14.2 Å². The van der Waals surface area contributed by atoms with E-state index in [9.17, 15) is 8.42 Å². The van der Waals surface area contributed by atoms with Gasteiger partial charge >= 0.3 is 6.01 Å². The van der Waals surface area contributed by atoms with E-state index in [0.29, 0.717) is 35.3 Å². The third kappa shape index (κ3) is 3.31. The normalized spacial score (nSPS) is 13.4. The van der Waals surface area contributed by atoms with Crippen molar-refractivity contribution in [1.29, 1.82) is 0 Å². The molecule has 1 aliphatic rings. The summed E-state index contributed by atoms with van der Waals surface area (Å²) < 4.78 is 43.3. The highest BCUT2D eigenvalue weighted by Crippen LogP contribution is 2.34. The summed E-state index contributed by atoms with van der Waals surface area (Å²) in [6, 6.07) is 10.6. The fraction of sp³-hybridized carbons (Fsp3) is 0.125. The van der Waals surface area contributed by atoms with Crippen LogP contribution in [-0.4, -0.2) is 31.8 Å². The zero-order valence-corrected chi connectivity index (χ0v) is 14.7. The van der Waals surface area contributed by atoms with Crippen LogP contribution in [0, 0.1) is 0 Å². The molecule has 0 aliphatic carbocycles.